The second kappa shape index (κ2) is 9.19. The number of sulfonamides is 1. The summed E-state index contributed by atoms with van der Waals surface area (Å²) in [6.45, 7) is 4.86. The molecule has 1 atom stereocenters. The lowest BCUT2D eigenvalue weighted by Gasteiger charge is -2.30. The average Bonchev–Trinajstić information content (AvgIpc) is 3.48. The van der Waals surface area contributed by atoms with Gasteiger partial charge in [0.15, 0.2) is 0 Å². The lowest BCUT2D eigenvalue weighted by atomic mass is 10.0. The molecule has 0 aromatic heterocycles. The predicted octanol–water partition coefficient (Wildman–Crippen LogP) is 3.24. The van der Waals surface area contributed by atoms with Gasteiger partial charge in [-0.05, 0) is 56.1 Å². The van der Waals surface area contributed by atoms with Crippen molar-refractivity contribution in [3.8, 4) is 0 Å². The van der Waals surface area contributed by atoms with Crippen LogP contribution in [0.25, 0.3) is 0 Å². The largest absolute Gasteiger partial charge is 0.381 e. The van der Waals surface area contributed by atoms with Gasteiger partial charge in [0.25, 0.3) is 5.69 Å². The SMILES string of the molecule is C[C@H]1CCCN(S(=O)(=O)c2ccc(NCCCOCC3CC3)c([N+](=O)[O-])c2)C1. The Bertz CT molecular complexity index is 795. The Hall–Kier alpha value is -1.71. The first-order valence-corrected chi connectivity index (χ1v) is 11.4. The molecule has 1 aromatic carbocycles. The standard InChI is InChI=1S/C19H29N3O5S/c1-15-4-2-10-21(13-15)28(25,26)17-7-8-18(19(12-17)22(23)24)20-9-3-11-27-14-16-5-6-16/h7-8,12,15-16,20H,2-6,9-11,13-14H2,1H3/t15-/m0/s1. The minimum Gasteiger partial charge on any atom is -0.381 e. The average molecular weight is 412 g/mol. The van der Waals surface area contributed by atoms with Crippen LogP contribution in [0.3, 0.4) is 0 Å². The molecule has 1 aliphatic heterocycles. The topological polar surface area (TPSA) is 102 Å². The van der Waals surface area contributed by atoms with Crippen molar-refractivity contribution in [3.05, 3.63) is 28.3 Å². The Morgan fingerprint density at radius 3 is 2.79 bits per heavy atom. The fraction of sp³-hybridized carbons (Fsp3) is 0.684. The van der Waals surface area contributed by atoms with E-state index in [0.717, 1.165) is 25.9 Å². The van der Waals surface area contributed by atoms with Crippen molar-refractivity contribution in [2.45, 2.75) is 43.9 Å². The van der Waals surface area contributed by atoms with Crippen molar-refractivity contribution in [2.24, 2.45) is 11.8 Å². The molecule has 9 heteroatoms. The number of benzene rings is 1. The molecule has 1 aliphatic carbocycles. The molecule has 1 N–H and O–H groups in total. The van der Waals surface area contributed by atoms with E-state index in [1.165, 1.54) is 35.3 Å². The van der Waals surface area contributed by atoms with Crippen LogP contribution in [-0.4, -0.2) is 50.5 Å². The van der Waals surface area contributed by atoms with Gasteiger partial charge in [-0.2, -0.15) is 4.31 Å². The second-order valence-corrected chi connectivity index (χ2v) is 9.78. The highest BCUT2D eigenvalue weighted by Gasteiger charge is 2.30. The van der Waals surface area contributed by atoms with Crippen molar-refractivity contribution >= 4 is 21.4 Å². The summed E-state index contributed by atoms with van der Waals surface area (Å²) in [6.07, 6.45) is 5.03. The zero-order valence-corrected chi connectivity index (χ0v) is 17.1. The van der Waals surface area contributed by atoms with Crippen molar-refractivity contribution in [3.63, 3.8) is 0 Å². The van der Waals surface area contributed by atoms with Gasteiger partial charge in [0.2, 0.25) is 10.0 Å². The van der Waals surface area contributed by atoms with Crippen LogP contribution in [0.15, 0.2) is 23.1 Å². The van der Waals surface area contributed by atoms with E-state index in [0.29, 0.717) is 43.8 Å². The van der Waals surface area contributed by atoms with Gasteiger partial charge in [-0.15, -0.1) is 0 Å². The van der Waals surface area contributed by atoms with Crippen molar-refractivity contribution in [1.29, 1.82) is 0 Å². The molecule has 0 unspecified atom stereocenters. The fourth-order valence-electron chi connectivity index (χ4n) is 3.42. The lowest BCUT2D eigenvalue weighted by Crippen LogP contribution is -2.39. The summed E-state index contributed by atoms with van der Waals surface area (Å²) in [5.41, 5.74) is 0.114. The van der Waals surface area contributed by atoms with E-state index in [1.54, 1.807) is 0 Å². The monoisotopic (exact) mass is 411 g/mol. The molecule has 8 nitrogen and oxygen atoms in total. The number of hydrogen-bond donors (Lipinski definition) is 1. The summed E-state index contributed by atoms with van der Waals surface area (Å²) in [6, 6.07) is 4.11. The number of ether oxygens (including phenoxy) is 1. The molecule has 0 spiro atoms. The van der Waals surface area contributed by atoms with E-state index in [-0.39, 0.29) is 10.6 Å². The number of anilines is 1. The van der Waals surface area contributed by atoms with Gasteiger partial charge in [0, 0.05) is 38.9 Å². The third-order valence-corrected chi connectivity index (χ3v) is 7.12. The number of nitrogens with one attached hydrogen (secondary N) is 1. The first-order valence-electron chi connectivity index (χ1n) is 9.98. The summed E-state index contributed by atoms with van der Waals surface area (Å²) in [5, 5.41) is 14.5. The molecular formula is C19H29N3O5S. The quantitative estimate of drug-likeness (QED) is 0.360. The van der Waals surface area contributed by atoms with E-state index in [2.05, 4.69) is 5.32 Å². The smallest absolute Gasteiger partial charge is 0.293 e. The number of nitro benzene ring substituents is 1. The predicted molar refractivity (Wildman–Crippen MR) is 107 cm³/mol. The molecule has 1 aromatic rings. The Kier molecular flexibility index (Phi) is 6.90. The van der Waals surface area contributed by atoms with E-state index in [4.69, 9.17) is 4.74 Å². The molecule has 1 saturated carbocycles. The van der Waals surface area contributed by atoms with Gasteiger partial charge < -0.3 is 10.1 Å². The highest BCUT2D eigenvalue weighted by Crippen LogP contribution is 2.31. The molecule has 28 heavy (non-hydrogen) atoms. The van der Waals surface area contributed by atoms with E-state index < -0.39 is 14.9 Å². The Labute approximate surface area is 166 Å². The molecule has 1 saturated heterocycles. The van der Waals surface area contributed by atoms with Crippen LogP contribution < -0.4 is 5.32 Å². The molecule has 3 rings (SSSR count). The summed E-state index contributed by atoms with van der Waals surface area (Å²) >= 11 is 0. The normalized spacial score (nSPS) is 20.8. The maximum absolute atomic E-state index is 12.9. The maximum atomic E-state index is 12.9. The Morgan fingerprint density at radius 1 is 1.32 bits per heavy atom. The van der Waals surface area contributed by atoms with Crippen LogP contribution >= 0.6 is 0 Å². The second-order valence-electron chi connectivity index (χ2n) is 7.85. The van der Waals surface area contributed by atoms with E-state index >= 15 is 0 Å². The highest BCUT2D eigenvalue weighted by atomic mass is 32.2. The molecule has 156 valence electrons. The van der Waals surface area contributed by atoms with Crippen LogP contribution in [-0.2, 0) is 14.8 Å². The number of piperidine rings is 1. The Morgan fingerprint density at radius 2 is 2.11 bits per heavy atom. The summed E-state index contributed by atoms with van der Waals surface area (Å²) in [4.78, 5) is 10.9. The first kappa shape index (κ1) is 21.0. The number of rotatable bonds is 10. The van der Waals surface area contributed by atoms with Gasteiger partial charge in [0.05, 0.1) is 9.82 Å². The zero-order valence-electron chi connectivity index (χ0n) is 16.3. The molecular weight excluding hydrogens is 382 g/mol. The number of nitro groups is 1. The first-order chi connectivity index (χ1) is 13.4. The summed E-state index contributed by atoms with van der Waals surface area (Å²) in [5.74, 6) is 1.01. The molecule has 2 fully saturated rings. The minimum absolute atomic E-state index is 0.0217. The zero-order chi connectivity index (χ0) is 20.1. The van der Waals surface area contributed by atoms with Crippen LogP contribution in [0.2, 0.25) is 0 Å². The summed E-state index contributed by atoms with van der Waals surface area (Å²) in [7, 11) is -3.72. The Balaban J connectivity index is 1.63. The maximum Gasteiger partial charge on any atom is 0.293 e. The lowest BCUT2D eigenvalue weighted by molar-refractivity contribution is -0.384. The van der Waals surface area contributed by atoms with E-state index in [1.807, 2.05) is 6.92 Å². The van der Waals surface area contributed by atoms with Crippen molar-refractivity contribution < 1.29 is 18.1 Å². The van der Waals surface area contributed by atoms with Gasteiger partial charge in [0.1, 0.15) is 5.69 Å². The number of nitrogens with zero attached hydrogens (tertiary/aromatic N) is 2. The third-order valence-electron chi connectivity index (χ3n) is 5.25. The van der Waals surface area contributed by atoms with Crippen molar-refractivity contribution in [1.82, 2.24) is 4.31 Å². The van der Waals surface area contributed by atoms with Gasteiger partial charge in [-0.25, -0.2) is 8.42 Å². The molecule has 2 aliphatic rings. The van der Waals surface area contributed by atoms with Crippen molar-refractivity contribution in [2.75, 3.05) is 38.2 Å². The van der Waals surface area contributed by atoms with Crippen LogP contribution in [0.1, 0.15) is 39.0 Å². The van der Waals surface area contributed by atoms with Gasteiger partial charge >= 0.3 is 0 Å². The van der Waals surface area contributed by atoms with Crippen LogP contribution in [0.4, 0.5) is 11.4 Å². The minimum atomic E-state index is -3.72. The molecule has 0 bridgehead atoms. The van der Waals surface area contributed by atoms with Gasteiger partial charge in [-0.3, -0.25) is 10.1 Å². The highest BCUT2D eigenvalue weighted by molar-refractivity contribution is 7.89. The fourth-order valence-corrected chi connectivity index (χ4v) is 5.04. The molecule has 0 radical (unpaired) electrons. The number of hydrogen-bond acceptors (Lipinski definition) is 6. The molecule has 0 amide bonds. The molecule has 1 heterocycles. The van der Waals surface area contributed by atoms with Crippen LogP contribution in [0, 0.1) is 22.0 Å². The van der Waals surface area contributed by atoms with Gasteiger partial charge in [-0.1, -0.05) is 6.92 Å². The van der Waals surface area contributed by atoms with E-state index in [9.17, 15) is 18.5 Å². The summed E-state index contributed by atoms with van der Waals surface area (Å²) < 4.78 is 32.7. The van der Waals surface area contributed by atoms with Crippen LogP contribution in [0.5, 0.6) is 0 Å². The third kappa shape index (κ3) is 5.42.